The average molecular weight is 386 g/mol. The van der Waals surface area contributed by atoms with Crippen molar-refractivity contribution in [1.82, 2.24) is 0 Å². The number of nitriles is 2. The first-order chi connectivity index (χ1) is 14.7. The lowest BCUT2D eigenvalue weighted by molar-refractivity contribution is 0.306. The van der Waals surface area contributed by atoms with Crippen LogP contribution in [0, 0.1) is 22.7 Å². The minimum atomic E-state index is 0.490. The molecule has 4 rings (SSSR count). The van der Waals surface area contributed by atoms with Crippen LogP contribution in [0.25, 0.3) is 22.3 Å². The maximum atomic E-state index is 8.91. The summed E-state index contributed by atoms with van der Waals surface area (Å²) in [7, 11) is 0. The van der Waals surface area contributed by atoms with Gasteiger partial charge in [-0.1, -0.05) is 60.7 Å². The van der Waals surface area contributed by atoms with Gasteiger partial charge in [0.25, 0.3) is 0 Å². The van der Waals surface area contributed by atoms with Crippen LogP contribution in [-0.2, 0) is 6.61 Å². The van der Waals surface area contributed by atoms with Crippen molar-refractivity contribution in [1.29, 1.82) is 10.5 Å². The minimum Gasteiger partial charge on any atom is -0.489 e. The van der Waals surface area contributed by atoms with E-state index in [0.717, 1.165) is 33.6 Å². The summed E-state index contributed by atoms with van der Waals surface area (Å²) >= 11 is 0. The summed E-state index contributed by atoms with van der Waals surface area (Å²) in [6, 6.07) is 35.6. The Labute approximate surface area is 176 Å². The van der Waals surface area contributed by atoms with E-state index >= 15 is 0 Å². The highest BCUT2D eigenvalue weighted by molar-refractivity contribution is 5.65. The summed E-state index contributed by atoms with van der Waals surface area (Å²) < 4.78 is 5.92. The van der Waals surface area contributed by atoms with E-state index in [-0.39, 0.29) is 0 Å². The number of ether oxygens (including phenoxy) is 1. The quantitative estimate of drug-likeness (QED) is 0.402. The van der Waals surface area contributed by atoms with Gasteiger partial charge in [-0.2, -0.15) is 10.5 Å². The second-order valence-electron chi connectivity index (χ2n) is 6.89. The smallest absolute Gasteiger partial charge is 0.119 e. The molecule has 3 heteroatoms. The third-order valence-electron chi connectivity index (χ3n) is 4.91. The first-order valence-electron chi connectivity index (χ1n) is 9.58. The molecule has 0 saturated carbocycles. The molecular formula is C27H18N2O. The fourth-order valence-electron chi connectivity index (χ4n) is 3.18. The Morgan fingerprint density at radius 3 is 1.27 bits per heavy atom. The maximum Gasteiger partial charge on any atom is 0.119 e. The second-order valence-corrected chi connectivity index (χ2v) is 6.89. The Hall–Kier alpha value is -4.34. The van der Waals surface area contributed by atoms with E-state index in [0.29, 0.717) is 17.7 Å². The van der Waals surface area contributed by atoms with Gasteiger partial charge in [0.15, 0.2) is 0 Å². The summed E-state index contributed by atoms with van der Waals surface area (Å²) in [4.78, 5) is 0. The molecule has 4 aromatic rings. The first kappa shape index (κ1) is 19.0. The van der Waals surface area contributed by atoms with Crippen LogP contribution in [0.15, 0.2) is 97.1 Å². The van der Waals surface area contributed by atoms with Crippen molar-refractivity contribution < 1.29 is 4.74 Å². The predicted octanol–water partition coefficient (Wildman–Crippen LogP) is 6.34. The molecule has 0 spiro atoms. The number of rotatable bonds is 5. The van der Waals surface area contributed by atoms with Gasteiger partial charge in [0, 0.05) is 0 Å². The number of benzene rings is 4. The summed E-state index contributed by atoms with van der Waals surface area (Å²) in [6.07, 6.45) is 0. The Balaban J connectivity index is 1.38. The molecule has 0 atom stereocenters. The van der Waals surface area contributed by atoms with Crippen molar-refractivity contribution in [2.24, 2.45) is 0 Å². The zero-order valence-corrected chi connectivity index (χ0v) is 16.2. The monoisotopic (exact) mass is 386 g/mol. The molecule has 0 saturated heterocycles. The van der Waals surface area contributed by atoms with E-state index < -0.39 is 0 Å². The molecule has 0 aliphatic carbocycles. The van der Waals surface area contributed by atoms with Crippen LogP contribution in [-0.4, -0.2) is 0 Å². The zero-order chi connectivity index (χ0) is 20.8. The lowest BCUT2D eigenvalue weighted by Crippen LogP contribution is -1.95. The van der Waals surface area contributed by atoms with Gasteiger partial charge in [-0.15, -0.1) is 0 Å². The highest BCUT2D eigenvalue weighted by Gasteiger charge is 2.02. The largest absolute Gasteiger partial charge is 0.489 e. The van der Waals surface area contributed by atoms with Gasteiger partial charge >= 0.3 is 0 Å². The normalized spacial score (nSPS) is 10.1. The molecule has 0 fully saturated rings. The van der Waals surface area contributed by atoms with E-state index in [1.807, 2.05) is 72.8 Å². The fraction of sp³-hybridized carbons (Fsp3) is 0.0370. The molecule has 4 aromatic carbocycles. The molecule has 0 radical (unpaired) electrons. The molecular weight excluding hydrogens is 368 g/mol. The van der Waals surface area contributed by atoms with E-state index in [9.17, 15) is 0 Å². The molecule has 0 bridgehead atoms. The molecule has 0 heterocycles. The average Bonchev–Trinajstić information content (AvgIpc) is 2.83. The zero-order valence-electron chi connectivity index (χ0n) is 16.2. The van der Waals surface area contributed by atoms with Crippen LogP contribution in [0.4, 0.5) is 0 Å². The molecule has 142 valence electrons. The Morgan fingerprint density at radius 1 is 0.500 bits per heavy atom. The van der Waals surface area contributed by atoms with Gasteiger partial charge in [0.2, 0.25) is 0 Å². The lowest BCUT2D eigenvalue weighted by atomic mass is 10.0. The first-order valence-corrected chi connectivity index (χ1v) is 9.58. The van der Waals surface area contributed by atoms with Crippen molar-refractivity contribution in [3.63, 3.8) is 0 Å². The topological polar surface area (TPSA) is 56.8 Å². The van der Waals surface area contributed by atoms with Gasteiger partial charge in [-0.3, -0.25) is 0 Å². The van der Waals surface area contributed by atoms with Gasteiger partial charge in [-0.25, -0.2) is 0 Å². The third kappa shape index (κ3) is 4.38. The van der Waals surface area contributed by atoms with Crippen LogP contribution in [0.3, 0.4) is 0 Å². The standard InChI is InChI=1S/C27H18N2O/c28-17-20-1-7-23(8-2-20)25-11-5-22(6-12-25)19-30-27-15-13-26(14-16-27)24-9-3-21(18-29)4-10-24/h1-16H,19H2. The van der Waals surface area contributed by atoms with Crippen LogP contribution >= 0.6 is 0 Å². The van der Waals surface area contributed by atoms with Gasteiger partial charge < -0.3 is 4.74 Å². The summed E-state index contributed by atoms with van der Waals surface area (Å²) in [5, 5.41) is 17.8. The SMILES string of the molecule is N#Cc1ccc(-c2ccc(COc3ccc(-c4ccc(C#N)cc4)cc3)cc2)cc1. The Bertz CT molecular complexity index is 1110. The van der Waals surface area contributed by atoms with E-state index in [4.69, 9.17) is 15.3 Å². The third-order valence-corrected chi connectivity index (χ3v) is 4.91. The Morgan fingerprint density at radius 2 is 0.867 bits per heavy atom. The van der Waals surface area contributed by atoms with Gasteiger partial charge in [0.1, 0.15) is 12.4 Å². The van der Waals surface area contributed by atoms with Crippen LogP contribution in [0.1, 0.15) is 16.7 Å². The van der Waals surface area contributed by atoms with Gasteiger partial charge in [0.05, 0.1) is 23.3 Å². The van der Waals surface area contributed by atoms with Crippen LogP contribution in [0.2, 0.25) is 0 Å². The van der Waals surface area contributed by atoms with E-state index in [1.54, 1.807) is 0 Å². The second kappa shape index (κ2) is 8.78. The van der Waals surface area contributed by atoms with Crippen molar-refractivity contribution in [2.45, 2.75) is 6.61 Å². The molecule has 0 aliphatic rings. The molecule has 3 nitrogen and oxygen atoms in total. The highest BCUT2D eigenvalue weighted by Crippen LogP contribution is 2.24. The minimum absolute atomic E-state index is 0.490. The van der Waals surface area contributed by atoms with Crippen LogP contribution < -0.4 is 4.74 Å². The van der Waals surface area contributed by atoms with Crippen molar-refractivity contribution >= 4 is 0 Å². The highest BCUT2D eigenvalue weighted by atomic mass is 16.5. The number of hydrogen-bond acceptors (Lipinski definition) is 3. The van der Waals surface area contributed by atoms with Crippen molar-refractivity contribution in [3.05, 3.63) is 114 Å². The summed E-state index contributed by atoms with van der Waals surface area (Å²) in [5.41, 5.74) is 6.74. The summed E-state index contributed by atoms with van der Waals surface area (Å²) in [5.74, 6) is 0.809. The van der Waals surface area contributed by atoms with Gasteiger partial charge in [-0.05, 0) is 64.2 Å². The number of hydrogen-bond donors (Lipinski definition) is 0. The van der Waals surface area contributed by atoms with Crippen LogP contribution in [0.5, 0.6) is 5.75 Å². The summed E-state index contributed by atoms with van der Waals surface area (Å²) in [6.45, 7) is 0.490. The van der Waals surface area contributed by atoms with Crippen molar-refractivity contribution in [3.8, 4) is 40.1 Å². The van der Waals surface area contributed by atoms with E-state index in [1.165, 1.54) is 0 Å². The lowest BCUT2D eigenvalue weighted by Gasteiger charge is -2.09. The van der Waals surface area contributed by atoms with E-state index in [2.05, 4.69) is 36.4 Å². The molecule has 0 N–H and O–H groups in total. The molecule has 0 unspecified atom stereocenters. The molecule has 30 heavy (non-hydrogen) atoms. The maximum absolute atomic E-state index is 8.91. The molecule has 0 amide bonds. The fourth-order valence-corrected chi connectivity index (χ4v) is 3.18. The predicted molar refractivity (Wildman–Crippen MR) is 118 cm³/mol. The van der Waals surface area contributed by atoms with Crippen molar-refractivity contribution in [2.75, 3.05) is 0 Å². The molecule has 0 aromatic heterocycles. The Kier molecular flexibility index (Phi) is 5.56. The number of nitrogens with zero attached hydrogens (tertiary/aromatic N) is 2. The molecule has 0 aliphatic heterocycles.